The molecule has 4 saturated heterocycles. The monoisotopic (exact) mass is 1070 g/mol. The Hall–Kier alpha value is -4.27. The number of amides is 6. The number of hydrogen-bond donors (Lipinski definition) is 12. The molecule has 0 radical (unpaired) electrons. The fourth-order valence-corrected chi connectivity index (χ4v) is 9.43. The second-order valence-electron chi connectivity index (χ2n) is 18.8. The smallest absolute Gasteiger partial charge is 0.691 e. The molecule has 0 aliphatic carbocycles. The molecule has 26 nitrogen and oxygen atoms in total. The third-order valence-electron chi connectivity index (χ3n) is 13.2. The van der Waals surface area contributed by atoms with Crippen LogP contribution in [-0.4, -0.2) is 193 Å². The van der Waals surface area contributed by atoms with Gasteiger partial charge in [-0.1, -0.05) is 50.2 Å². The molecule has 404 valence electrons. The number of aliphatic hydroxyl groups excluding tert-OH is 6. The van der Waals surface area contributed by atoms with E-state index in [4.69, 9.17) is 13.7 Å². The van der Waals surface area contributed by atoms with Crippen molar-refractivity contribution in [1.82, 2.24) is 36.4 Å². The van der Waals surface area contributed by atoms with Gasteiger partial charge in [0.25, 0.3) is 12.3 Å². The van der Waals surface area contributed by atoms with E-state index in [1.54, 1.807) is 6.92 Å². The molecule has 12 N–H and O–H groups in total. The Morgan fingerprint density at radius 3 is 2.15 bits per heavy atom. The van der Waals surface area contributed by atoms with E-state index >= 15 is 0 Å². The number of ether oxygens (including phenoxy) is 2. The third-order valence-corrected chi connectivity index (χ3v) is 13.5. The zero-order valence-corrected chi connectivity index (χ0v) is 44.0. The molecular weight excluding hydrogens is 1010 g/mol. The van der Waals surface area contributed by atoms with Gasteiger partial charge in [-0.25, -0.2) is 0 Å². The van der Waals surface area contributed by atoms with Gasteiger partial charge in [0.05, 0.1) is 55.9 Å². The summed E-state index contributed by atoms with van der Waals surface area (Å²) in [6, 6.07) is 3.58. The standard InChI is InChI=1S/C46H65N7O19S.Na/c1-22-13-28(55)17-48-43(64)38-39(60)23(2)18-53(38)45(66)37(32(58)11-12-47-27-20-68-46(69-21-27)26-7-5-4-6-8-26)51-42(63)36(33(59)14-25-9-10-31(57)34(15-25)70-73-72-71-67)50-41(62)30-16-29(56)19-52(30)44(65)35(24(3)54)49-40(22)61;/h4-10,15,22-24,27-30,32-33,35-39,46-47,54-60,67H,11-14,16-21H2,1-3H3,(H,48,64)(H,49,61)(H,50,62)(H,51,63);/q;+1/p-1/t22?,23-,24+,27?,28+,29+,30-,32+,33+,35-,36-,37-,38-,39-,46?;/m0./s1. The number of β-amino-alcohol motifs (C(OH)–C–C–N with tert-alkyl or cyclic N) is 1. The van der Waals surface area contributed by atoms with Crippen molar-refractivity contribution < 1.29 is 122 Å². The van der Waals surface area contributed by atoms with Crippen LogP contribution in [0.4, 0.5) is 0 Å². The molecular formula is C46H64N7NaO19S. The van der Waals surface area contributed by atoms with Crippen molar-refractivity contribution in [3.63, 3.8) is 0 Å². The van der Waals surface area contributed by atoms with Crippen LogP contribution in [0.1, 0.15) is 57.5 Å². The van der Waals surface area contributed by atoms with Gasteiger partial charge in [0, 0.05) is 49.9 Å². The van der Waals surface area contributed by atoms with Gasteiger partial charge in [-0.2, -0.15) is 0 Å². The minimum absolute atomic E-state index is 0. The summed E-state index contributed by atoms with van der Waals surface area (Å²) in [5.74, 6) is -8.72. The Balaban J connectivity index is 0.0000101. The summed E-state index contributed by atoms with van der Waals surface area (Å²) in [7, 11) is 0. The first-order chi connectivity index (χ1) is 34.8. The molecule has 4 fully saturated rings. The van der Waals surface area contributed by atoms with Crippen molar-refractivity contribution in [2.75, 3.05) is 39.4 Å². The van der Waals surface area contributed by atoms with Gasteiger partial charge in [0.1, 0.15) is 30.2 Å². The molecule has 28 heteroatoms. The van der Waals surface area contributed by atoms with Crippen molar-refractivity contribution in [2.24, 2.45) is 11.8 Å². The Morgan fingerprint density at radius 2 is 1.47 bits per heavy atom. The van der Waals surface area contributed by atoms with Crippen LogP contribution >= 0.6 is 12.3 Å². The predicted octanol–water partition coefficient (Wildman–Crippen LogP) is -7.56. The van der Waals surface area contributed by atoms with Gasteiger partial charge < -0.3 is 91.0 Å². The number of aromatic hydroxyl groups is 1. The molecule has 0 bridgehead atoms. The van der Waals surface area contributed by atoms with E-state index in [-0.39, 0.29) is 98.4 Å². The topological polar surface area (TPSA) is 380 Å². The van der Waals surface area contributed by atoms with Crippen molar-refractivity contribution >= 4 is 47.8 Å². The molecule has 6 amide bonds. The van der Waals surface area contributed by atoms with Crippen LogP contribution < -0.4 is 65.6 Å². The minimum atomic E-state index is -2.06. The van der Waals surface area contributed by atoms with Crippen LogP contribution in [0.25, 0.3) is 0 Å². The molecule has 2 aromatic carbocycles. The average Bonchev–Trinajstić information content (AvgIpc) is 3.91. The van der Waals surface area contributed by atoms with Crippen LogP contribution in [0.3, 0.4) is 0 Å². The van der Waals surface area contributed by atoms with Crippen LogP contribution in [0.5, 0.6) is 11.5 Å². The quantitative estimate of drug-likeness (QED) is 0.0275. The molecule has 0 spiro atoms. The molecule has 1 unspecified atom stereocenters. The molecule has 4 aliphatic heterocycles. The Morgan fingerprint density at radius 1 is 0.811 bits per heavy atom. The number of carbonyl (C=O) groups excluding carboxylic acids is 6. The molecule has 13 atom stereocenters. The molecule has 0 aromatic heterocycles. The van der Waals surface area contributed by atoms with E-state index in [1.807, 2.05) is 30.3 Å². The van der Waals surface area contributed by atoms with Crippen LogP contribution in [-0.2, 0) is 54.0 Å². The van der Waals surface area contributed by atoms with Crippen molar-refractivity contribution in [3.8, 4) is 11.5 Å². The first-order valence-electron chi connectivity index (χ1n) is 23.8. The zero-order valence-electron chi connectivity index (χ0n) is 41.2. The minimum Gasteiger partial charge on any atom is -0.691 e. The van der Waals surface area contributed by atoms with E-state index in [0.717, 1.165) is 21.4 Å². The number of phenols is 1. The number of hydrogen-bond acceptors (Lipinski definition) is 21. The number of aliphatic hydroxyl groups is 6. The predicted molar refractivity (Wildman–Crippen MR) is 249 cm³/mol. The maximum atomic E-state index is 14.8. The van der Waals surface area contributed by atoms with Gasteiger partial charge in [-0.05, 0) is 44.0 Å². The van der Waals surface area contributed by atoms with Gasteiger partial charge in [-0.15, -0.1) is 4.33 Å². The number of benzene rings is 2. The van der Waals surface area contributed by atoms with Crippen molar-refractivity contribution in [1.29, 1.82) is 0 Å². The Kier molecular flexibility index (Phi) is 23.1. The second-order valence-corrected chi connectivity index (χ2v) is 19.3. The number of phenolic OH excluding ortho intramolecular Hbond substituents is 1. The summed E-state index contributed by atoms with van der Waals surface area (Å²) in [5, 5.41) is 105. The summed E-state index contributed by atoms with van der Waals surface area (Å²) in [5.41, 5.74) is 0.954. The van der Waals surface area contributed by atoms with Crippen LogP contribution in [0, 0.1) is 11.8 Å². The zero-order chi connectivity index (χ0) is 53.1. The summed E-state index contributed by atoms with van der Waals surface area (Å²) >= 11 is 0.0374. The maximum Gasteiger partial charge on any atom is 1.00 e. The average molecular weight is 1070 g/mol. The summed E-state index contributed by atoms with van der Waals surface area (Å²) in [6.07, 6.45) is -11.5. The van der Waals surface area contributed by atoms with E-state index in [9.17, 15) is 69.8 Å². The van der Waals surface area contributed by atoms with Gasteiger partial charge in [0.15, 0.2) is 17.8 Å². The van der Waals surface area contributed by atoms with E-state index in [2.05, 4.69) is 36.0 Å². The van der Waals surface area contributed by atoms with Gasteiger partial charge in [0.2, 0.25) is 35.4 Å². The first-order valence-corrected chi connectivity index (χ1v) is 24.5. The maximum absolute atomic E-state index is 14.8. The largest absolute Gasteiger partial charge is 1.00 e. The summed E-state index contributed by atoms with van der Waals surface area (Å²) < 4.78 is 21.0. The molecule has 0 saturated carbocycles. The SMILES string of the molecule is CC1C[C@@H](O)CNC(=O)[C@@H]2[C@@H](O)[C@@H](C)CN2C(=O)[C@H]([C@H](O)CCNC2COC(c3ccccc3)OC2)NC(=O)[C@H]([C@H](O)Cc2ccc(O)c(OSOO[O-])c2)NC(=O)[C@@H]2C[C@@H](O)CN2C(=O)[C@H]([C@@H](C)O)NC1=O.[Na+]. The van der Waals surface area contributed by atoms with Crippen molar-refractivity contribution in [2.45, 2.75) is 126 Å². The molecule has 4 aliphatic rings. The number of fused-ring (bicyclic) bond motifs is 2. The molecule has 4 heterocycles. The normalized spacial score (nSPS) is 31.1. The molecule has 2 aromatic rings. The first kappa shape index (κ1) is 60.6. The fourth-order valence-electron chi connectivity index (χ4n) is 9.17. The van der Waals surface area contributed by atoms with Crippen molar-refractivity contribution in [3.05, 3.63) is 59.7 Å². The Bertz CT molecular complexity index is 2220. The van der Waals surface area contributed by atoms with E-state index in [0.29, 0.717) is 0 Å². The number of nitrogens with zero attached hydrogens (tertiary/aromatic N) is 2. The number of carbonyl (C=O) groups is 6. The Labute approximate surface area is 452 Å². The molecule has 74 heavy (non-hydrogen) atoms. The van der Waals surface area contributed by atoms with E-state index in [1.165, 1.54) is 26.0 Å². The summed E-state index contributed by atoms with van der Waals surface area (Å²) in [4.78, 5) is 87.3. The fraction of sp³-hybridized carbons (Fsp3) is 0.609. The number of rotatable bonds is 14. The van der Waals surface area contributed by atoms with Gasteiger partial charge in [-0.3, -0.25) is 33.8 Å². The number of nitrogens with one attached hydrogen (secondary N) is 5. The summed E-state index contributed by atoms with van der Waals surface area (Å²) in [6.45, 7) is 3.37. The molecule has 6 rings (SSSR count). The van der Waals surface area contributed by atoms with Crippen LogP contribution in [0.2, 0.25) is 0 Å². The van der Waals surface area contributed by atoms with Gasteiger partial charge >= 0.3 is 29.6 Å². The third kappa shape index (κ3) is 15.7. The second kappa shape index (κ2) is 28.2. The van der Waals surface area contributed by atoms with E-state index < -0.39 is 152 Å². The van der Waals surface area contributed by atoms with Crippen LogP contribution in [0.15, 0.2) is 48.5 Å².